The minimum atomic E-state index is 1.24. The van der Waals surface area contributed by atoms with E-state index in [4.69, 9.17) is 0 Å². The molecule has 0 saturated carbocycles. The first-order valence-electron chi connectivity index (χ1n) is 12.9. The third-order valence-corrected chi connectivity index (χ3v) is 10.1. The zero-order valence-corrected chi connectivity index (χ0v) is 22.2. The first-order valence-corrected chi connectivity index (χ1v) is 14.5. The van der Waals surface area contributed by atoms with Crippen molar-refractivity contribution in [2.24, 2.45) is 0 Å². The van der Waals surface area contributed by atoms with Crippen LogP contribution in [0.4, 0.5) is 0 Å². The molecule has 8 rings (SSSR count). The van der Waals surface area contributed by atoms with Crippen LogP contribution in [0, 0.1) is 0 Å². The van der Waals surface area contributed by atoms with E-state index >= 15 is 0 Å². The molecule has 2 heteroatoms. The summed E-state index contributed by atoms with van der Waals surface area (Å²) in [5, 5.41) is 7.87. The Kier molecular flexibility index (Phi) is 5.11. The van der Waals surface area contributed by atoms with Gasteiger partial charge in [0, 0.05) is 19.6 Å². The maximum Gasteiger partial charge on any atom is 0.0340 e. The largest absolute Gasteiger partial charge is 0.0877 e. The van der Waals surface area contributed by atoms with E-state index in [-0.39, 0.29) is 0 Å². The highest BCUT2D eigenvalue weighted by Crippen LogP contribution is 2.51. The van der Waals surface area contributed by atoms with Gasteiger partial charge in [-0.3, -0.25) is 0 Å². The molecule has 7 aromatic carbocycles. The molecule has 0 amide bonds. The summed E-state index contributed by atoms with van der Waals surface area (Å²) >= 11 is 3.76. The van der Waals surface area contributed by atoms with E-state index in [2.05, 4.69) is 133 Å². The van der Waals surface area contributed by atoms with Crippen LogP contribution in [-0.2, 0) is 0 Å². The van der Waals surface area contributed by atoms with Crippen molar-refractivity contribution in [1.29, 1.82) is 0 Å². The lowest BCUT2D eigenvalue weighted by molar-refractivity contribution is 1.16. The van der Waals surface area contributed by atoms with Crippen molar-refractivity contribution in [3.05, 3.63) is 133 Å². The fourth-order valence-electron chi connectivity index (χ4n) is 5.73. The Morgan fingerprint density at radius 1 is 0.316 bits per heavy atom. The minimum absolute atomic E-state index is 1.24. The van der Waals surface area contributed by atoms with Crippen LogP contribution in [0.25, 0.3) is 54.6 Å². The van der Waals surface area contributed by atoms with Crippen LogP contribution in [0.15, 0.2) is 153 Å². The van der Waals surface area contributed by atoms with Gasteiger partial charge < -0.3 is 0 Å². The summed E-state index contributed by atoms with van der Waals surface area (Å²) in [5.41, 5.74) is 5.05. The average Bonchev–Trinajstić information content (AvgIpc) is 2.99. The van der Waals surface area contributed by atoms with Crippen LogP contribution in [0.3, 0.4) is 0 Å². The molecule has 38 heavy (non-hydrogen) atoms. The average molecular weight is 519 g/mol. The van der Waals surface area contributed by atoms with E-state index in [1.807, 2.05) is 23.5 Å². The highest BCUT2D eigenvalue weighted by Gasteiger charge is 2.20. The normalized spacial score (nSPS) is 12.5. The number of hydrogen-bond donors (Lipinski definition) is 0. The summed E-state index contributed by atoms with van der Waals surface area (Å²) in [4.78, 5) is 5.36. The van der Waals surface area contributed by atoms with Gasteiger partial charge in [-0.05, 0) is 84.9 Å². The quantitative estimate of drug-likeness (QED) is 0.209. The lowest BCUT2D eigenvalue weighted by Crippen LogP contribution is -1.92. The Bertz CT molecular complexity index is 2000. The van der Waals surface area contributed by atoms with Gasteiger partial charge in [0.1, 0.15) is 0 Å². The molecule has 0 atom stereocenters. The zero-order chi connectivity index (χ0) is 25.1. The Hall–Kier alpha value is -3.98. The summed E-state index contributed by atoms with van der Waals surface area (Å²) in [6.07, 6.45) is 0. The molecule has 0 spiro atoms. The highest BCUT2D eigenvalue weighted by molar-refractivity contribution is 8.05. The van der Waals surface area contributed by atoms with Crippen LogP contribution in [0.2, 0.25) is 0 Å². The Balaban J connectivity index is 1.28. The van der Waals surface area contributed by atoms with Crippen molar-refractivity contribution in [2.75, 3.05) is 0 Å². The monoisotopic (exact) mass is 518 g/mol. The van der Waals surface area contributed by atoms with E-state index in [1.165, 1.54) is 74.2 Å². The van der Waals surface area contributed by atoms with Gasteiger partial charge >= 0.3 is 0 Å². The predicted molar refractivity (Wildman–Crippen MR) is 165 cm³/mol. The molecule has 0 fully saturated rings. The van der Waals surface area contributed by atoms with E-state index < -0.39 is 0 Å². The number of fused-ring (bicyclic) bond motifs is 8. The summed E-state index contributed by atoms with van der Waals surface area (Å²) in [5.74, 6) is 0. The molecule has 1 heterocycles. The number of rotatable bonds is 2. The van der Waals surface area contributed by atoms with Crippen molar-refractivity contribution in [1.82, 2.24) is 0 Å². The van der Waals surface area contributed by atoms with E-state index in [9.17, 15) is 0 Å². The van der Waals surface area contributed by atoms with Crippen LogP contribution in [0.1, 0.15) is 0 Å². The highest BCUT2D eigenvalue weighted by atomic mass is 32.2. The Morgan fingerprint density at radius 2 is 0.842 bits per heavy atom. The van der Waals surface area contributed by atoms with Gasteiger partial charge in [0.25, 0.3) is 0 Å². The fraction of sp³-hybridized carbons (Fsp3) is 0. The Morgan fingerprint density at radius 3 is 1.58 bits per heavy atom. The molecule has 0 aromatic heterocycles. The third-order valence-electron chi connectivity index (χ3n) is 7.51. The predicted octanol–water partition coefficient (Wildman–Crippen LogP) is 11.1. The topological polar surface area (TPSA) is 0 Å². The van der Waals surface area contributed by atoms with Crippen LogP contribution < -0.4 is 0 Å². The van der Waals surface area contributed by atoms with Crippen LogP contribution in [-0.4, -0.2) is 0 Å². The van der Waals surface area contributed by atoms with Crippen LogP contribution in [0.5, 0.6) is 0 Å². The molecule has 0 unspecified atom stereocenters. The molecule has 0 bridgehead atoms. The second-order valence-corrected chi connectivity index (χ2v) is 11.9. The molecule has 7 aromatic rings. The number of hydrogen-bond acceptors (Lipinski definition) is 2. The van der Waals surface area contributed by atoms with Crippen molar-refractivity contribution in [3.8, 4) is 22.3 Å². The van der Waals surface area contributed by atoms with E-state index in [0.717, 1.165) is 0 Å². The van der Waals surface area contributed by atoms with Gasteiger partial charge in [0.15, 0.2) is 0 Å². The number of benzene rings is 7. The van der Waals surface area contributed by atoms with Crippen molar-refractivity contribution < 1.29 is 0 Å². The molecule has 0 N–H and O–H groups in total. The SMILES string of the molecule is c1cc(-c2ccc3c4ccccc4c4ccccc4c3c2)cc(-c2cccc3c2Sc2ccccc2S3)c1. The molecule has 178 valence electrons. The van der Waals surface area contributed by atoms with Gasteiger partial charge in [-0.25, -0.2) is 0 Å². The summed E-state index contributed by atoms with van der Waals surface area (Å²) < 4.78 is 0. The van der Waals surface area contributed by atoms with Crippen LogP contribution >= 0.6 is 23.5 Å². The molecular weight excluding hydrogens is 497 g/mol. The first-order chi connectivity index (χ1) is 18.8. The standard InChI is InChI=1S/C36H22S2/c1-2-13-29-27(11-1)28-12-3-4-14-30(28)32-22-24(19-20-31(29)32)23-9-7-10-25(21-23)26-15-8-18-35-36(26)38-34-17-6-5-16-33(34)37-35/h1-22H. The first kappa shape index (κ1) is 22.0. The molecule has 0 aliphatic carbocycles. The molecule has 0 radical (unpaired) electrons. The van der Waals surface area contributed by atoms with Gasteiger partial charge in [-0.15, -0.1) is 0 Å². The van der Waals surface area contributed by atoms with Crippen molar-refractivity contribution in [2.45, 2.75) is 19.6 Å². The van der Waals surface area contributed by atoms with Crippen molar-refractivity contribution >= 4 is 55.8 Å². The smallest absolute Gasteiger partial charge is 0.0340 e. The summed E-state index contributed by atoms with van der Waals surface area (Å²) in [6.45, 7) is 0. The van der Waals surface area contributed by atoms with E-state index in [0.29, 0.717) is 0 Å². The molecule has 1 aliphatic heterocycles. The fourth-order valence-corrected chi connectivity index (χ4v) is 8.13. The van der Waals surface area contributed by atoms with Gasteiger partial charge in [0.2, 0.25) is 0 Å². The van der Waals surface area contributed by atoms with Crippen molar-refractivity contribution in [3.63, 3.8) is 0 Å². The zero-order valence-electron chi connectivity index (χ0n) is 20.5. The molecule has 1 aliphatic rings. The maximum atomic E-state index is 2.38. The van der Waals surface area contributed by atoms with Gasteiger partial charge in [0.05, 0.1) is 0 Å². The molecule has 0 saturated heterocycles. The second kappa shape index (κ2) is 8.80. The summed E-state index contributed by atoms with van der Waals surface area (Å²) in [7, 11) is 0. The third kappa shape index (κ3) is 3.49. The van der Waals surface area contributed by atoms with Gasteiger partial charge in [-0.2, -0.15) is 0 Å². The molecular formula is C36H22S2. The lowest BCUT2D eigenvalue weighted by atomic mass is 9.91. The van der Waals surface area contributed by atoms with E-state index in [1.54, 1.807) is 0 Å². The lowest BCUT2D eigenvalue weighted by Gasteiger charge is -2.21. The van der Waals surface area contributed by atoms with Gasteiger partial charge in [-0.1, -0.05) is 127 Å². The second-order valence-electron chi connectivity index (χ2n) is 9.72. The molecule has 0 nitrogen and oxygen atoms in total. The summed E-state index contributed by atoms with van der Waals surface area (Å²) in [6, 6.07) is 49.0. The Labute approximate surface area is 230 Å². The maximum absolute atomic E-state index is 2.38. The minimum Gasteiger partial charge on any atom is -0.0877 e.